The van der Waals surface area contributed by atoms with Crippen molar-refractivity contribution in [2.45, 2.75) is 23.6 Å². The maximum Gasteiger partial charge on any atom is 0.231 e. The van der Waals surface area contributed by atoms with Crippen LogP contribution in [0.2, 0.25) is 0 Å². The van der Waals surface area contributed by atoms with Gasteiger partial charge in [-0.1, -0.05) is 18.2 Å². The number of ether oxygens (including phenoxy) is 2. The van der Waals surface area contributed by atoms with Crippen molar-refractivity contribution in [3.63, 3.8) is 0 Å². The van der Waals surface area contributed by atoms with E-state index in [2.05, 4.69) is 20.6 Å². The Bertz CT molecular complexity index is 1650. The van der Waals surface area contributed by atoms with Gasteiger partial charge in [-0.05, 0) is 54.1 Å². The molecule has 0 unspecified atom stereocenters. The van der Waals surface area contributed by atoms with Gasteiger partial charge < -0.3 is 20.1 Å². The zero-order valence-corrected chi connectivity index (χ0v) is 20.5. The highest BCUT2D eigenvalue weighted by Gasteiger charge is 2.33. The van der Waals surface area contributed by atoms with Gasteiger partial charge in [-0.2, -0.15) is 5.26 Å². The minimum absolute atomic E-state index is 0.00659. The third-order valence-corrected chi connectivity index (χ3v) is 7.55. The first kappa shape index (κ1) is 24.0. The minimum Gasteiger partial charge on any atom is -0.454 e. The van der Waals surface area contributed by atoms with Gasteiger partial charge in [0.05, 0.1) is 22.0 Å². The minimum atomic E-state index is -4.18. The monoisotopic (exact) mass is 515 g/mol. The Balaban J connectivity index is 1.51. The predicted octanol–water partition coefficient (Wildman–Crippen LogP) is 3.97. The summed E-state index contributed by atoms with van der Waals surface area (Å²) in [5, 5.41) is 14.1. The number of carbonyl (C=O) groups excluding carboxylic acids is 1. The van der Waals surface area contributed by atoms with Crippen LogP contribution in [0, 0.1) is 11.3 Å². The molecular weight excluding hydrogens is 494 g/mol. The highest BCUT2D eigenvalue weighted by atomic mass is 32.2. The Morgan fingerprint density at radius 2 is 1.73 bits per heavy atom. The summed E-state index contributed by atoms with van der Waals surface area (Å²) in [6.45, 7) is 1.78. The molecule has 2 heterocycles. The van der Waals surface area contributed by atoms with Gasteiger partial charge in [-0.25, -0.2) is 18.4 Å². The SMILES string of the molecule is CC(=O)Nc1ccc(S(=O)(=O)[C@@H](C#N)c2nc3ccccc3nc2NCc2ccc3c(c2)OCO3)cc1. The molecule has 37 heavy (non-hydrogen) atoms. The molecule has 11 heteroatoms. The van der Waals surface area contributed by atoms with Gasteiger partial charge in [-0.15, -0.1) is 0 Å². The second-order valence-electron chi connectivity index (χ2n) is 8.25. The van der Waals surface area contributed by atoms with E-state index in [4.69, 9.17) is 9.47 Å². The number of fused-ring (bicyclic) bond motifs is 2. The molecule has 3 aromatic carbocycles. The summed E-state index contributed by atoms with van der Waals surface area (Å²) in [4.78, 5) is 20.3. The number of hydrogen-bond acceptors (Lipinski definition) is 9. The van der Waals surface area contributed by atoms with E-state index in [-0.39, 0.29) is 35.7 Å². The van der Waals surface area contributed by atoms with Crippen LogP contribution in [0.3, 0.4) is 0 Å². The van der Waals surface area contributed by atoms with Crippen LogP contribution in [-0.4, -0.2) is 31.1 Å². The molecular formula is C26H21N5O5S. The summed E-state index contributed by atoms with van der Waals surface area (Å²) in [5.74, 6) is 1.16. The molecule has 0 fully saturated rings. The van der Waals surface area contributed by atoms with Crippen molar-refractivity contribution in [2.75, 3.05) is 17.4 Å². The van der Waals surface area contributed by atoms with Gasteiger partial charge in [0.15, 0.2) is 22.6 Å². The zero-order chi connectivity index (χ0) is 26.0. The van der Waals surface area contributed by atoms with Crippen LogP contribution in [0.1, 0.15) is 23.4 Å². The average Bonchev–Trinajstić information content (AvgIpc) is 3.35. The van der Waals surface area contributed by atoms with Crippen molar-refractivity contribution in [1.29, 1.82) is 5.26 Å². The van der Waals surface area contributed by atoms with E-state index in [0.29, 0.717) is 28.2 Å². The topological polar surface area (TPSA) is 143 Å². The average molecular weight is 516 g/mol. The molecule has 1 atom stereocenters. The molecule has 2 N–H and O–H groups in total. The third-order valence-electron chi connectivity index (χ3n) is 5.67. The molecule has 10 nitrogen and oxygen atoms in total. The first-order valence-electron chi connectivity index (χ1n) is 11.3. The fourth-order valence-corrected chi connectivity index (χ4v) is 5.29. The number of nitrogens with one attached hydrogen (secondary N) is 2. The normalized spacial score (nSPS) is 13.1. The second kappa shape index (κ2) is 9.75. The van der Waals surface area contributed by atoms with E-state index in [1.54, 1.807) is 30.3 Å². The molecule has 0 radical (unpaired) electrons. The smallest absolute Gasteiger partial charge is 0.231 e. The number of amides is 1. The highest BCUT2D eigenvalue weighted by Crippen LogP contribution is 2.35. The van der Waals surface area contributed by atoms with Gasteiger partial charge >= 0.3 is 0 Å². The van der Waals surface area contributed by atoms with Crippen molar-refractivity contribution in [1.82, 2.24) is 9.97 Å². The number of hydrogen-bond donors (Lipinski definition) is 2. The molecule has 0 aliphatic carbocycles. The van der Waals surface area contributed by atoms with Gasteiger partial charge in [0.25, 0.3) is 0 Å². The fourth-order valence-electron chi connectivity index (χ4n) is 3.91. The molecule has 0 spiro atoms. The number of carbonyl (C=O) groups is 1. The Labute approximate surface area is 212 Å². The Hall–Kier alpha value is -4.69. The molecule has 5 rings (SSSR count). The molecule has 1 aliphatic heterocycles. The zero-order valence-electron chi connectivity index (χ0n) is 19.6. The van der Waals surface area contributed by atoms with Crippen LogP contribution in [0.25, 0.3) is 11.0 Å². The number of anilines is 2. The summed E-state index contributed by atoms with van der Waals surface area (Å²) in [7, 11) is -4.18. The molecule has 0 saturated heterocycles. The van der Waals surface area contributed by atoms with E-state index in [0.717, 1.165) is 5.56 Å². The van der Waals surface area contributed by atoms with Crippen LogP contribution < -0.4 is 20.1 Å². The molecule has 1 aromatic heterocycles. The third kappa shape index (κ3) is 4.87. The van der Waals surface area contributed by atoms with E-state index in [1.807, 2.05) is 18.2 Å². The fraction of sp³-hybridized carbons (Fsp3) is 0.154. The summed E-state index contributed by atoms with van der Waals surface area (Å²) in [6.07, 6.45) is 0. The van der Waals surface area contributed by atoms with Gasteiger partial charge in [0.2, 0.25) is 22.5 Å². The summed E-state index contributed by atoms with van der Waals surface area (Å²) in [5.41, 5.74) is 2.29. The predicted molar refractivity (Wildman–Crippen MR) is 136 cm³/mol. The first-order chi connectivity index (χ1) is 17.8. The number of aromatic nitrogens is 2. The lowest BCUT2D eigenvalue weighted by molar-refractivity contribution is -0.114. The number of nitriles is 1. The van der Waals surface area contributed by atoms with Crippen molar-refractivity contribution in [3.05, 3.63) is 78.0 Å². The second-order valence-corrected chi connectivity index (χ2v) is 10.3. The molecule has 0 bridgehead atoms. The van der Waals surface area contributed by atoms with Crippen LogP contribution >= 0.6 is 0 Å². The van der Waals surface area contributed by atoms with E-state index in [1.165, 1.54) is 31.2 Å². The van der Waals surface area contributed by atoms with E-state index < -0.39 is 15.1 Å². The lowest BCUT2D eigenvalue weighted by Crippen LogP contribution is -2.17. The van der Waals surface area contributed by atoms with E-state index >= 15 is 0 Å². The van der Waals surface area contributed by atoms with Gasteiger partial charge in [0.1, 0.15) is 5.69 Å². The largest absolute Gasteiger partial charge is 0.454 e. The summed E-state index contributed by atoms with van der Waals surface area (Å²) < 4.78 is 37.9. The molecule has 186 valence electrons. The molecule has 0 saturated carbocycles. The highest BCUT2D eigenvalue weighted by molar-refractivity contribution is 7.92. The summed E-state index contributed by atoms with van der Waals surface area (Å²) in [6, 6.07) is 20.0. The van der Waals surface area contributed by atoms with Crippen LogP contribution in [0.4, 0.5) is 11.5 Å². The maximum atomic E-state index is 13.6. The molecule has 1 aliphatic rings. The lowest BCUT2D eigenvalue weighted by Gasteiger charge is -2.16. The van der Waals surface area contributed by atoms with Gasteiger partial charge in [0, 0.05) is 19.2 Å². The number of para-hydroxylation sites is 2. The maximum absolute atomic E-state index is 13.6. The molecule has 1 amide bonds. The molecule has 4 aromatic rings. The Morgan fingerprint density at radius 1 is 1.03 bits per heavy atom. The number of rotatable bonds is 7. The van der Waals surface area contributed by atoms with Crippen molar-refractivity contribution >= 4 is 38.3 Å². The van der Waals surface area contributed by atoms with Crippen LogP contribution in [0.15, 0.2) is 71.6 Å². The first-order valence-corrected chi connectivity index (χ1v) is 12.8. The van der Waals surface area contributed by atoms with Crippen LogP contribution in [-0.2, 0) is 21.2 Å². The Morgan fingerprint density at radius 3 is 2.43 bits per heavy atom. The number of benzene rings is 3. The van der Waals surface area contributed by atoms with Crippen molar-refractivity contribution in [3.8, 4) is 17.6 Å². The summed E-state index contributed by atoms with van der Waals surface area (Å²) >= 11 is 0. The lowest BCUT2D eigenvalue weighted by atomic mass is 10.2. The number of nitrogens with zero attached hydrogens (tertiary/aromatic N) is 3. The van der Waals surface area contributed by atoms with Crippen molar-refractivity contribution in [2.24, 2.45) is 0 Å². The van der Waals surface area contributed by atoms with E-state index in [9.17, 15) is 18.5 Å². The van der Waals surface area contributed by atoms with Gasteiger partial charge in [-0.3, -0.25) is 4.79 Å². The Kier molecular flexibility index (Phi) is 6.33. The van der Waals surface area contributed by atoms with Crippen LogP contribution in [0.5, 0.6) is 11.5 Å². The van der Waals surface area contributed by atoms with Crippen molar-refractivity contribution < 1.29 is 22.7 Å². The quantitative estimate of drug-likeness (QED) is 0.374. The number of sulfone groups is 1. The standard InChI is InChI=1S/C26H21N5O5S/c1-16(32)29-18-7-9-19(10-8-18)37(33,34)24(13-27)25-26(31-21-5-3-2-4-20(21)30-25)28-14-17-6-11-22-23(12-17)36-15-35-22/h2-12,24H,14-15H2,1H3,(H,28,31)(H,29,32)/t24-/m0/s1.